The number of rotatable bonds is 5. The van der Waals surface area contributed by atoms with Gasteiger partial charge in [-0.2, -0.15) is 0 Å². The minimum absolute atomic E-state index is 0.0597. The van der Waals surface area contributed by atoms with Crippen LogP contribution in [0.25, 0.3) is 0 Å². The van der Waals surface area contributed by atoms with Gasteiger partial charge in [0.15, 0.2) is 5.78 Å². The summed E-state index contributed by atoms with van der Waals surface area (Å²) in [5.74, 6) is -0.881. The van der Waals surface area contributed by atoms with Crippen LogP contribution in [0.4, 0.5) is 0 Å². The van der Waals surface area contributed by atoms with E-state index in [0.29, 0.717) is 32.1 Å². The molecule has 33 heavy (non-hydrogen) atoms. The Bertz CT molecular complexity index is 810. The van der Waals surface area contributed by atoms with Gasteiger partial charge < -0.3 is 20.1 Å². The Balaban J connectivity index is 1.69. The second-order valence-corrected chi connectivity index (χ2v) is 11.9. The first-order chi connectivity index (χ1) is 15.4. The molecule has 4 aliphatic carbocycles. The van der Waals surface area contributed by atoms with Gasteiger partial charge in [-0.1, -0.05) is 20.8 Å². The molecular weight excluding hydrogens is 424 g/mol. The van der Waals surface area contributed by atoms with Crippen molar-refractivity contribution in [1.29, 1.82) is 0 Å². The lowest BCUT2D eigenvalue weighted by Gasteiger charge is -2.63. The summed E-state index contributed by atoms with van der Waals surface area (Å²) in [6, 6.07) is 0. The number of aliphatic carboxylic acids is 1. The highest BCUT2D eigenvalue weighted by Crippen LogP contribution is 2.68. The fourth-order valence-corrected chi connectivity index (χ4v) is 8.88. The molecule has 4 aliphatic rings. The zero-order chi connectivity index (χ0) is 24.3. The molecule has 0 bridgehead atoms. The maximum Gasteiger partial charge on any atom is 0.303 e. The normalized spacial score (nSPS) is 47.8. The van der Waals surface area contributed by atoms with Gasteiger partial charge in [-0.15, -0.1) is 0 Å². The summed E-state index contributed by atoms with van der Waals surface area (Å²) in [7, 11) is 0. The minimum Gasteiger partial charge on any atom is -0.481 e. The van der Waals surface area contributed by atoms with E-state index in [1.807, 2.05) is 0 Å². The molecule has 4 fully saturated rings. The maximum absolute atomic E-state index is 12.4. The monoisotopic (exact) mass is 464 g/mol. The van der Waals surface area contributed by atoms with Gasteiger partial charge in [-0.3, -0.25) is 14.4 Å². The third-order valence-corrected chi connectivity index (χ3v) is 10.6. The van der Waals surface area contributed by atoms with E-state index < -0.39 is 18.2 Å². The molecule has 186 valence electrons. The van der Waals surface area contributed by atoms with Crippen molar-refractivity contribution >= 4 is 17.7 Å². The number of hydrogen-bond acceptors (Lipinski definition) is 6. The standard InChI is InChI=1S/C26H40O7/c1-13(5-8-22(30)31)15-6-7-16-23-17(12-21(29)26(15,16)4)25(3)10-9-19(28)24(32)18(25)11-20(23)33-14(2)27/h13,15-18,20-21,23-24,29,32H,5-12H2,1-4H3,(H,30,31)/t13-,15?,16+,17+,18-,20-,21+,23+,24+,25-,26-/m1/s1. The van der Waals surface area contributed by atoms with Crippen molar-refractivity contribution in [2.24, 2.45) is 46.3 Å². The average Bonchev–Trinajstić information content (AvgIpc) is 3.09. The summed E-state index contributed by atoms with van der Waals surface area (Å²) >= 11 is 0. The summed E-state index contributed by atoms with van der Waals surface area (Å²) in [5.41, 5.74) is -0.659. The van der Waals surface area contributed by atoms with E-state index >= 15 is 0 Å². The fourth-order valence-electron chi connectivity index (χ4n) is 8.88. The molecule has 0 aromatic carbocycles. The highest BCUT2D eigenvalue weighted by molar-refractivity contribution is 5.84. The zero-order valence-electron chi connectivity index (χ0n) is 20.3. The van der Waals surface area contributed by atoms with E-state index in [1.165, 1.54) is 6.92 Å². The van der Waals surface area contributed by atoms with Gasteiger partial charge >= 0.3 is 11.9 Å². The summed E-state index contributed by atoms with van der Waals surface area (Å²) in [6.45, 7) is 7.83. The molecule has 0 radical (unpaired) electrons. The van der Waals surface area contributed by atoms with Crippen LogP contribution in [-0.4, -0.2) is 51.4 Å². The van der Waals surface area contributed by atoms with Gasteiger partial charge in [-0.25, -0.2) is 0 Å². The summed E-state index contributed by atoms with van der Waals surface area (Å²) in [4.78, 5) is 35.6. The number of aliphatic hydroxyl groups is 2. The first-order valence-electron chi connectivity index (χ1n) is 12.7. The highest BCUT2D eigenvalue weighted by Gasteiger charge is 2.67. The topological polar surface area (TPSA) is 121 Å². The van der Waals surface area contributed by atoms with Crippen LogP contribution in [0.2, 0.25) is 0 Å². The zero-order valence-corrected chi connectivity index (χ0v) is 20.3. The molecule has 0 spiro atoms. The third-order valence-electron chi connectivity index (χ3n) is 10.6. The van der Waals surface area contributed by atoms with Crippen LogP contribution in [-0.2, 0) is 19.1 Å². The van der Waals surface area contributed by atoms with Gasteiger partial charge in [0.1, 0.15) is 12.2 Å². The molecular formula is C26H40O7. The highest BCUT2D eigenvalue weighted by atomic mass is 16.5. The van der Waals surface area contributed by atoms with E-state index in [1.54, 1.807) is 0 Å². The van der Waals surface area contributed by atoms with Crippen LogP contribution in [0.3, 0.4) is 0 Å². The lowest BCUT2D eigenvalue weighted by Crippen LogP contribution is -2.64. The van der Waals surface area contributed by atoms with Crippen molar-refractivity contribution in [3.8, 4) is 0 Å². The number of hydrogen-bond donors (Lipinski definition) is 3. The smallest absolute Gasteiger partial charge is 0.303 e. The number of carboxylic acids is 1. The van der Waals surface area contributed by atoms with Crippen molar-refractivity contribution in [3.63, 3.8) is 0 Å². The molecule has 0 heterocycles. The van der Waals surface area contributed by atoms with Crippen LogP contribution in [0.5, 0.6) is 0 Å². The van der Waals surface area contributed by atoms with Crippen LogP contribution < -0.4 is 0 Å². The van der Waals surface area contributed by atoms with Crippen molar-refractivity contribution in [2.45, 2.75) is 97.4 Å². The molecule has 0 aromatic rings. The largest absolute Gasteiger partial charge is 0.481 e. The first-order valence-corrected chi connectivity index (χ1v) is 12.7. The summed E-state index contributed by atoms with van der Waals surface area (Å²) in [6.07, 6.45) is 2.67. The molecule has 1 unspecified atom stereocenters. The SMILES string of the molecule is CC(=O)O[C@@H]1C[C@@H]2[C@H](O)C(=O)CC[C@]2(C)[C@H]2C[C@H](O)[C@]3(C)C([C@H](C)CCC(=O)O)CC[C@H]3[C@H]12. The fraction of sp³-hybridized carbons (Fsp3) is 0.885. The van der Waals surface area contributed by atoms with Gasteiger partial charge in [0.2, 0.25) is 0 Å². The van der Waals surface area contributed by atoms with Crippen molar-refractivity contribution in [3.05, 3.63) is 0 Å². The van der Waals surface area contributed by atoms with E-state index in [9.17, 15) is 24.6 Å². The quantitative estimate of drug-likeness (QED) is 0.534. The summed E-state index contributed by atoms with van der Waals surface area (Å²) in [5, 5.41) is 31.6. The molecule has 0 amide bonds. The lowest BCUT2D eigenvalue weighted by atomic mass is 9.42. The van der Waals surface area contributed by atoms with Crippen LogP contribution >= 0.6 is 0 Å². The van der Waals surface area contributed by atoms with E-state index in [2.05, 4.69) is 20.8 Å². The van der Waals surface area contributed by atoms with Crippen molar-refractivity contribution < 1.29 is 34.4 Å². The molecule has 3 N–H and O–H groups in total. The van der Waals surface area contributed by atoms with E-state index in [0.717, 1.165) is 12.8 Å². The molecule has 0 aromatic heterocycles. The molecule has 11 atom stereocenters. The number of fused-ring (bicyclic) bond motifs is 5. The van der Waals surface area contributed by atoms with Crippen LogP contribution in [0.1, 0.15) is 79.1 Å². The number of aliphatic hydroxyl groups excluding tert-OH is 2. The number of carboxylic acid groups (broad SMARTS) is 1. The van der Waals surface area contributed by atoms with Crippen LogP contribution in [0.15, 0.2) is 0 Å². The third kappa shape index (κ3) is 3.83. The Kier molecular flexibility index (Phi) is 6.45. The van der Waals surface area contributed by atoms with Crippen LogP contribution in [0, 0.1) is 46.3 Å². The molecule has 7 nitrogen and oxygen atoms in total. The van der Waals surface area contributed by atoms with Crippen molar-refractivity contribution in [2.75, 3.05) is 0 Å². The number of ketones is 1. The molecule has 4 rings (SSSR count). The Morgan fingerprint density at radius 1 is 1.12 bits per heavy atom. The number of carbonyl (C=O) groups excluding carboxylic acids is 2. The van der Waals surface area contributed by atoms with Gasteiger partial charge in [0.05, 0.1) is 6.10 Å². The van der Waals surface area contributed by atoms with Crippen molar-refractivity contribution in [1.82, 2.24) is 0 Å². The van der Waals surface area contributed by atoms with E-state index in [4.69, 9.17) is 9.84 Å². The Morgan fingerprint density at radius 2 is 1.82 bits per heavy atom. The second kappa shape index (κ2) is 8.63. The number of Topliss-reactive ketones (excluding diaryl/α,β-unsaturated/α-hetero) is 1. The first kappa shape index (κ1) is 24.6. The van der Waals surface area contributed by atoms with Gasteiger partial charge in [0.25, 0.3) is 0 Å². The molecule has 4 saturated carbocycles. The number of esters is 1. The molecule has 7 heteroatoms. The summed E-state index contributed by atoms with van der Waals surface area (Å²) < 4.78 is 5.88. The van der Waals surface area contributed by atoms with E-state index in [-0.39, 0.29) is 70.6 Å². The maximum atomic E-state index is 12.4. The van der Waals surface area contributed by atoms with Gasteiger partial charge in [-0.05, 0) is 73.0 Å². The van der Waals surface area contributed by atoms with Gasteiger partial charge in [0, 0.05) is 31.6 Å². The number of ether oxygens (including phenoxy) is 1. The predicted octanol–water partition coefficient (Wildman–Crippen LogP) is 3.20. The molecule has 0 saturated heterocycles. The average molecular weight is 465 g/mol. The number of carbonyl (C=O) groups is 3. The Hall–Kier alpha value is -1.47. The Morgan fingerprint density at radius 3 is 2.45 bits per heavy atom. The minimum atomic E-state index is -1.04. The lowest BCUT2D eigenvalue weighted by molar-refractivity contribution is -0.222. The Labute approximate surface area is 196 Å². The predicted molar refractivity (Wildman–Crippen MR) is 120 cm³/mol. The molecule has 0 aliphatic heterocycles. The second-order valence-electron chi connectivity index (χ2n) is 11.9.